The molecule has 1 saturated carbocycles. The number of benzene rings is 3. The number of nitrogens with zero attached hydrogens (tertiary/aromatic N) is 2. The van der Waals surface area contributed by atoms with Crippen molar-refractivity contribution in [3.8, 4) is 28.3 Å². The van der Waals surface area contributed by atoms with E-state index >= 15 is 0 Å². The number of para-hydroxylation sites is 1. The van der Waals surface area contributed by atoms with Crippen LogP contribution >= 0.6 is 0 Å². The first kappa shape index (κ1) is 24.1. The molecule has 0 unspecified atom stereocenters. The summed E-state index contributed by atoms with van der Waals surface area (Å²) in [5, 5.41) is 10.5. The molecule has 2 amide bonds. The molecule has 8 heteroatoms. The maximum Gasteiger partial charge on any atom is 0.272 e. The molecule has 5 rings (SSSR count). The van der Waals surface area contributed by atoms with Crippen LogP contribution in [0.5, 0.6) is 11.5 Å². The number of aromatic nitrogens is 2. The van der Waals surface area contributed by atoms with Crippen LogP contribution in [0.3, 0.4) is 0 Å². The highest BCUT2D eigenvalue weighted by atomic mass is 16.5. The first-order valence-electron chi connectivity index (χ1n) is 12.1. The van der Waals surface area contributed by atoms with Gasteiger partial charge in [-0.15, -0.1) is 0 Å². The molecule has 0 bridgehead atoms. The highest BCUT2D eigenvalue weighted by molar-refractivity contribution is 5.99. The fourth-order valence-corrected chi connectivity index (χ4v) is 4.03. The third-order valence-corrected chi connectivity index (χ3v) is 6.27. The van der Waals surface area contributed by atoms with Gasteiger partial charge in [-0.2, -0.15) is 5.10 Å². The number of hydrogen-bond acceptors (Lipinski definition) is 5. The topological polar surface area (TPSA) is 94.5 Å². The molecular formula is C29H28N4O4. The number of nitrogens with one attached hydrogen (secondary N) is 2. The van der Waals surface area contributed by atoms with Crippen LogP contribution in [0.15, 0.2) is 79.0 Å². The van der Waals surface area contributed by atoms with Crippen LogP contribution in [-0.4, -0.2) is 35.8 Å². The molecule has 1 aliphatic carbocycles. The Labute approximate surface area is 215 Å². The number of ether oxygens (including phenoxy) is 2. The molecule has 2 N–H and O–H groups in total. The second kappa shape index (κ2) is 10.6. The zero-order valence-corrected chi connectivity index (χ0v) is 20.7. The van der Waals surface area contributed by atoms with Gasteiger partial charge in [0.2, 0.25) is 5.91 Å². The molecular weight excluding hydrogens is 468 g/mol. The second-order valence-electron chi connectivity index (χ2n) is 8.88. The van der Waals surface area contributed by atoms with E-state index in [-0.39, 0.29) is 17.7 Å². The minimum absolute atomic E-state index is 0.0674. The SMILES string of the molecule is COc1ccc(-c2cn(-c3ccccc3)nc2C(=O)NCc2ccc(NC(=O)C3CC3)cc2)cc1OC. The number of amides is 2. The summed E-state index contributed by atoms with van der Waals surface area (Å²) in [5.41, 5.74) is 4.25. The predicted molar refractivity (Wildman–Crippen MR) is 141 cm³/mol. The average molecular weight is 497 g/mol. The van der Waals surface area contributed by atoms with Crippen molar-refractivity contribution >= 4 is 17.5 Å². The van der Waals surface area contributed by atoms with Gasteiger partial charge in [-0.3, -0.25) is 9.59 Å². The molecule has 0 aliphatic heterocycles. The van der Waals surface area contributed by atoms with Crippen molar-refractivity contribution in [2.75, 3.05) is 19.5 Å². The summed E-state index contributed by atoms with van der Waals surface area (Å²) in [6.07, 6.45) is 3.76. The number of carbonyl (C=O) groups excluding carboxylic acids is 2. The number of hydrogen-bond donors (Lipinski definition) is 2. The lowest BCUT2D eigenvalue weighted by atomic mass is 10.1. The van der Waals surface area contributed by atoms with Crippen molar-refractivity contribution in [2.45, 2.75) is 19.4 Å². The van der Waals surface area contributed by atoms with E-state index in [1.807, 2.05) is 72.9 Å². The van der Waals surface area contributed by atoms with Gasteiger partial charge in [0.25, 0.3) is 5.91 Å². The third-order valence-electron chi connectivity index (χ3n) is 6.27. The number of rotatable bonds is 9. The first-order valence-corrected chi connectivity index (χ1v) is 12.1. The van der Waals surface area contributed by atoms with Gasteiger partial charge in [0.05, 0.1) is 19.9 Å². The van der Waals surface area contributed by atoms with Gasteiger partial charge in [0.1, 0.15) is 0 Å². The lowest BCUT2D eigenvalue weighted by Gasteiger charge is -2.10. The smallest absolute Gasteiger partial charge is 0.272 e. The zero-order chi connectivity index (χ0) is 25.8. The molecule has 1 aliphatic rings. The Kier molecular flexibility index (Phi) is 6.89. The molecule has 0 spiro atoms. The molecule has 188 valence electrons. The maximum atomic E-state index is 13.3. The Morgan fingerprint density at radius 1 is 0.946 bits per heavy atom. The van der Waals surface area contributed by atoms with Crippen LogP contribution in [0.25, 0.3) is 16.8 Å². The van der Waals surface area contributed by atoms with Gasteiger partial charge in [0.15, 0.2) is 17.2 Å². The lowest BCUT2D eigenvalue weighted by molar-refractivity contribution is -0.117. The van der Waals surface area contributed by atoms with Gasteiger partial charge < -0.3 is 20.1 Å². The van der Waals surface area contributed by atoms with Crippen molar-refractivity contribution in [2.24, 2.45) is 5.92 Å². The van der Waals surface area contributed by atoms with Crippen LogP contribution in [-0.2, 0) is 11.3 Å². The summed E-state index contributed by atoms with van der Waals surface area (Å²) in [6.45, 7) is 0.319. The molecule has 3 aromatic carbocycles. The van der Waals surface area contributed by atoms with E-state index in [1.165, 1.54) is 0 Å². The number of anilines is 1. The van der Waals surface area contributed by atoms with Crippen molar-refractivity contribution in [1.82, 2.24) is 15.1 Å². The largest absolute Gasteiger partial charge is 0.493 e. The second-order valence-corrected chi connectivity index (χ2v) is 8.88. The van der Waals surface area contributed by atoms with Crippen LogP contribution < -0.4 is 20.1 Å². The van der Waals surface area contributed by atoms with E-state index in [1.54, 1.807) is 25.0 Å². The summed E-state index contributed by atoms with van der Waals surface area (Å²) >= 11 is 0. The monoisotopic (exact) mass is 496 g/mol. The highest BCUT2D eigenvalue weighted by Gasteiger charge is 2.29. The van der Waals surface area contributed by atoms with E-state index in [4.69, 9.17) is 9.47 Å². The van der Waals surface area contributed by atoms with Gasteiger partial charge >= 0.3 is 0 Å². The normalized spacial score (nSPS) is 12.6. The maximum absolute atomic E-state index is 13.3. The van der Waals surface area contributed by atoms with Crippen molar-refractivity contribution < 1.29 is 19.1 Å². The summed E-state index contributed by atoms with van der Waals surface area (Å²) in [4.78, 5) is 25.3. The molecule has 37 heavy (non-hydrogen) atoms. The summed E-state index contributed by atoms with van der Waals surface area (Å²) < 4.78 is 12.5. The van der Waals surface area contributed by atoms with E-state index in [0.717, 1.165) is 35.3 Å². The summed E-state index contributed by atoms with van der Waals surface area (Å²) in [7, 11) is 3.16. The minimum atomic E-state index is -0.300. The number of carbonyl (C=O) groups is 2. The molecule has 4 aromatic rings. The Bertz CT molecular complexity index is 1410. The van der Waals surface area contributed by atoms with Crippen molar-refractivity contribution in [3.63, 3.8) is 0 Å². The van der Waals surface area contributed by atoms with Gasteiger partial charge in [-0.25, -0.2) is 4.68 Å². The standard InChI is InChI=1S/C29H28N4O4/c1-36-25-15-12-21(16-26(25)37-2)24-18-33(23-6-4-3-5-7-23)32-27(24)29(35)30-17-19-8-13-22(14-9-19)31-28(34)20-10-11-20/h3-9,12-16,18,20H,10-11,17H2,1-2H3,(H,30,35)(H,31,34). The Hall–Kier alpha value is -4.59. The van der Waals surface area contributed by atoms with E-state index in [2.05, 4.69) is 15.7 Å². The highest BCUT2D eigenvalue weighted by Crippen LogP contribution is 2.34. The van der Waals surface area contributed by atoms with Crippen LogP contribution in [0.2, 0.25) is 0 Å². The molecule has 0 atom stereocenters. The Morgan fingerprint density at radius 2 is 1.68 bits per heavy atom. The van der Waals surface area contributed by atoms with Crippen LogP contribution in [0.1, 0.15) is 28.9 Å². The minimum Gasteiger partial charge on any atom is -0.493 e. The average Bonchev–Trinajstić information content (AvgIpc) is 3.71. The fraction of sp³-hybridized carbons (Fsp3) is 0.207. The Balaban J connectivity index is 1.37. The fourth-order valence-electron chi connectivity index (χ4n) is 4.03. The van der Waals surface area contributed by atoms with Crippen molar-refractivity contribution in [3.05, 3.63) is 90.3 Å². The third kappa shape index (κ3) is 5.48. The van der Waals surface area contributed by atoms with Gasteiger partial charge in [0, 0.05) is 29.9 Å². The van der Waals surface area contributed by atoms with Crippen LogP contribution in [0.4, 0.5) is 5.69 Å². The zero-order valence-electron chi connectivity index (χ0n) is 20.7. The number of methoxy groups -OCH3 is 2. The molecule has 1 aromatic heterocycles. The molecule has 8 nitrogen and oxygen atoms in total. The van der Waals surface area contributed by atoms with E-state index in [9.17, 15) is 9.59 Å². The lowest BCUT2D eigenvalue weighted by Crippen LogP contribution is -2.24. The van der Waals surface area contributed by atoms with Gasteiger partial charge in [-0.1, -0.05) is 36.4 Å². The Morgan fingerprint density at radius 3 is 2.35 bits per heavy atom. The first-order chi connectivity index (χ1) is 18.1. The van der Waals surface area contributed by atoms with Gasteiger partial charge in [-0.05, 0) is 60.4 Å². The molecule has 1 fully saturated rings. The van der Waals surface area contributed by atoms with Crippen LogP contribution in [0, 0.1) is 5.92 Å². The molecule has 1 heterocycles. The quantitative estimate of drug-likeness (QED) is 0.346. The molecule has 0 radical (unpaired) electrons. The summed E-state index contributed by atoms with van der Waals surface area (Å²) in [5.74, 6) is 1.08. The summed E-state index contributed by atoms with van der Waals surface area (Å²) in [6, 6.07) is 22.6. The molecule has 0 saturated heterocycles. The predicted octanol–water partition coefficient (Wildman–Crippen LogP) is 4.84. The van der Waals surface area contributed by atoms with Crippen molar-refractivity contribution in [1.29, 1.82) is 0 Å². The van der Waals surface area contributed by atoms with E-state index < -0.39 is 0 Å². The van der Waals surface area contributed by atoms with E-state index in [0.29, 0.717) is 29.3 Å².